The smallest absolute Gasteiger partial charge is 0.150 e. The van der Waals surface area contributed by atoms with Crippen LogP contribution in [0.25, 0.3) is 0 Å². The molecule has 142 valence electrons. The largest absolute Gasteiger partial charge is 0.487 e. The molecular formula is C15H28O9. The summed E-state index contributed by atoms with van der Waals surface area (Å²) in [5.41, 5.74) is 0. The van der Waals surface area contributed by atoms with Crippen LogP contribution in [-0.2, 0) is 42.6 Å². The van der Waals surface area contributed by atoms with E-state index in [1.807, 2.05) is 0 Å². The molecule has 2 unspecified atom stereocenters. The molecule has 0 spiro atoms. The Bertz CT molecular complexity index is 339. The zero-order valence-corrected chi connectivity index (χ0v) is 14.7. The third kappa shape index (κ3) is 6.61. The molecule has 0 aromatic rings. The lowest BCUT2D eigenvalue weighted by Gasteiger charge is -2.42. The summed E-state index contributed by atoms with van der Waals surface area (Å²) in [4.78, 5) is 0. The van der Waals surface area contributed by atoms with Crippen molar-refractivity contribution < 1.29 is 42.6 Å². The molecule has 0 aliphatic carbocycles. The topological polar surface area (TPSA) is 83.1 Å². The van der Waals surface area contributed by atoms with E-state index >= 15 is 0 Å². The van der Waals surface area contributed by atoms with Gasteiger partial charge in [0, 0.05) is 28.4 Å². The maximum absolute atomic E-state index is 5.81. The first-order chi connectivity index (χ1) is 11.7. The second-order valence-corrected chi connectivity index (χ2v) is 4.97. The molecule has 1 aliphatic rings. The van der Waals surface area contributed by atoms with Gasteiger partial charge in [-0.1, -0.05) is 6.58 Å². The van der Waals surface area contributed by atoms with E-state index in [0.29, 0.717) is 5.76 Å². The monoisotopic (exact) mass is 352 g/mol. The number of rotatable bonds is 13. The summed E-state index contributed by atoms with van der Waals surface area (Å²) in [6.45, 7) is 4.44. The summed E-state index contributed by atoms with van der Waals surface area (Å²) in [5, 5.41) is 0. The van der Waals surface area contributed by atoms with E-state index in [2.05, 4.69) is 6.58 Å². The van der Waals surface area contributed by atoms with E-state index < -0.39 is 24.4 Å². The van der Waals surface area contributed by atoms with Crippen LogP contribution in [0.5, 0.6) is 0 Å². The van der Waals surface area contributed by atoms with Gasteiger partial charge in [0.05, 0.1) is 6.61 Å². The predicted molar refractivity (Wildman–Crippen MR) is 82.1 cm³/mol. The molecule has 9 nitrogen and oxygen atoms in total. The van der Waals surface area contributed by atoms with Gasteiger partial charge in [-0.15, -0.1) is 0 Å². The van der Waals surface area contributed by atoms with Crippen LogP contribution >= 0.6 is 0 Å². The van der Waals surface area contributed by atoms with Crippen molar-refractivity contribution in [2.45, 2.75) is 24.4 Å². The zero-order valence-electron chi connectivity index (χ0n) is 14.7. The van der Waals surface area contributed by atoms with Gasteiger partial charge in [0.15, 0.2) is 6.10 Å². The highest BCUT2D eigenvalue weighted by molar-refractivity contribution is 5.07. The minimum atomic E-state index is -0.583. The van der Waals surface area contributed by atoms with E-state index in [-0.39, 0.29) is 33.8 Å². The highest BCUT2D eigenvalue weighted by atomic mass is 16.7. The minimum absolute atomic E-state index is 0.0573. The SMILES string of the molecule is C=C1OC(COCOC)[C@H](OCOC)[C@H](OCOC)C1OCOC. The Morgan fingerprint density at radius 3 is 1.92 bits per heavy atom. The number of hydrogen-bond donors (Lipinski definition) is 0. The van der Waals surface area contributed by atoms with Gasteiger partial charge in [-0.25, -0.2) is 0 Å². The van der Waals surface area contributed by atoms with Crippen LogP contribution in [-0.4, -0.2) is 86.6 Å². The van der Waals surface area contributed by atoms with Crippen molar-refractivity contribution in [3.05, 3.63) is 12.3 Å². The summed E-state index contributed by atoms with van der Waals surface area (Å²) in [5.74, 6) is 0.399. The van der Waals surface area contributed by atoms with E-state index in [9.17, 15) is 0 Å². The van der Waals surface area contributed by atoms with Crippen LogP contribution in [0.3, 0.4) is 0 Å². The summed E-state index contributed by atoms with van der Waals surface area (Å²) in [6.07, 6.45) is -2.11. The predicted octanol–water partition coefficient (Wildman–Crippen LogP) is 0.487. The molecule has 1 aliphatic heterocycles. The number of methoxy groups -OCH3 is 4. The first-order valence-corrected chi connectivity index (χ1v) is 7.43. The minimum Gasteiger partial charge on any atom is -0.487 e. The second-order valence-electron chi connectivity index (χ2n) is 4.97. The zero-order chi connectivity index (χ0) is 17.8. The maximum Gasteiger partial charge on any atom is 0.150 e. The standard InChI is InChI=1S/C15H28O9/c1-11-13(21-8-17-3)15(23-10-19-5)14(22-9-18-4)12(24-11)6-20-7-16-2/h12-15H,1,6-10H2,2-5H3/t12?,13?,14-,15+/m0/s1. The van der Waals surface area contributed by atoms with Crippen molar-refractivity contribution >= 4 is 0 Å². The molecule has 24 heavy (non-hydrogen) atoms. The molecule has 0 aromatic heterocycles. The molecule has 4 atom stereocenters. The summed E-state index contributed by atoms with van der Waals surface area (Å²) < 4.78 is 48.1. The van der Waals surface area contributed by atoms with Crippen molar-refractivity contribution in [2.75, 3.05) is 62.2 Å². The van der Waals surface area contributed by atoms with Crippen molar-refractivity contribution in [1.29, 1.82) is 0 Å². The van der Waals surface area contributed by atoms with Crippen LogP contribution in [0.15, 0.2) is 12.3 Å². The molecule has 1 heterocycles. The lowest BCUT2D eigenvalue weighted by atomic mass is 9.98. The van der Waals surface area contributed by atoms with Gasteiger partial charge in [0.25, 0.3) is 0 Å². The van der Waals surface area contributed by atoms with Crippen molar-refractivity contribution in [3.8, 4) is 0 Å². The Balaban J connectivity index is 2.87. The summed E-state index contributed by atoms with van der Waals surface area (Å²) in [6, 6.07) is 0. The van der Waals surface area contributed by atoms with Crippen molar-refractivity contribution in [2.24, 2.45) is 0 Å². The first-order valence-electron chi connectivity index (χ1n) is 7.43. The van der Waals surface area contributed by atoms with Crippen molar-refractivity contribution in [3.63, 3.8) is 0 Å². The molecular weight excluding hydrogens is 324 g/mol. The van der Waals surface area contributed by atoms with Crippen molar-refractivity contribution in [1.82, 2.24) is 0 Å². The lowest BCUT2D eigenvalue weighted by Crippen LogP contribution is -2.56. The molecule has 0 aromatic carbocycles. The van der Waals surface area contributed by atoms with Crippen LogP contribution in [0.1, 0.15) is 0 Å². The van der Waals surface area contributed by atoms with E-state index in [1.165, 1.54) is 21.3 Å². The van der Waals surface area contributed by atoms with Crippen LogP contribution < -0.4 is 0 Å². The number of hydrogen-bond acceptors (Lipinski definition) is 9. The molecule has 0 saturated carbocycles. The van der Waals surface area contributed by atoms with Gasteiger partial charge >= 0.3 is 0 Å². The lowest BCUT2D eigenvalue weighted by molar-refractivity contribution is -0.258. The van der Waals surface area contributed by atoms with Gasteiger partial charge < -0.3 is 42.6 Å². The quantitative estimate of drug-likeness (QED) is 0.347. The fraction of sp³-hybridized carbons (Fsp3) is 0.867. The first kappa shape index (κ1) is 21.3. The van der Waals surface area contributed by atoms with Gasteiger partial charge in [0.1, 0.15) is 51.2 Å². The third-order valence-corrected chi connectivity index (χ3v) is 3.21. The average molecular weight is 352 g/mol. The average Bonchev–Trinajstić information content (AvgIpc) is 2.58. The Hall–Kier alpha value is -0.780. The van der Waals surface area contributed by atoms with Crippen LogP contribution in [0, 0.1) is 0 Å². The molecule has 1 saturated heterocycles. The fourth-order valence-corrected chi connectivity index (χ4v) is 2.28. The molecule has 0 radical (unpaired) electrons. The van der Waals surface area contributed by atoms with Gasteiger partial charge in [0.2, 0.25) is 0 Å². The Morgan fingerprint density at radius 1 is 0.792 bits per heavy atom. The fourth-order valence-electron chi connectivity index (χ4n) is 2.28. The third-order valence-electron chi connectivity index (χ3n) is 3.21. The van der Waals surface area contributed by atoms with Crippen LogP contribution in [0.2, 0.25) is 0 Å². The molecule has 9 heteroatoms. The van der Waals surface area contributed by atoms with Crippen LogP contribution in [0.4, 0.5) is 0 Å². The summed E-state index contributed by atoms with van der Waals surface area (Å²) in [7, 11) is 6.13. The van der Waals surface area contributed by atoms with Gasteiger partial charge in [-0.05, 0) is 0 Å². The Morgan fingerprint density at radius 2 is 1.33 bits per heavy atom. The van der Waals surface area contributed by atoms with Gasteiger partial charge in [-0.3, -0.25) is 0 Å². The summed E-state index contributed by atoms with van der Waals surface area (Å²) >= 11 is 0. The van der Waals surface area contributed by atoms with Gasteiger partial charge in [-0.2, -0.15) is 0 Å². The number of ether oxygens (including phenoxy) is 9. The molecule has 0 N–H and O–H groups in total. The highest BCUT2D eigenvalue weighted by Crippen LogP contribution is 2.30. The van der Waals surface area contributed by atoms with E-state index in [0.717, 1.165) is 0 Å². The normalized spacial score (nSPS) is 27.2. The molecule has 0 amide bonds. The molecule has 0 bridgehead atoms. The van der Waals surface area contributed by atoms with E-state index in [1.54, 1.807) is 7.11 Å². The molecule has 1 rings (SSSR count). The van der Waals surface area contributed by atoms with E-state index in [4.69, 9.17) is 42.6 Å². The Labute approximate surface area is 142 Å². The second kappa shape index (κ2) is 12.6. The highest BCUT2D eigenvalue weighted by Gasteiger charge is 2.46. The Kier molecular flexibility index (Phi) is 11.1. The molecule has 1 fully saturated rings. The maximum atomic E-state index is 5.81.